The average molecular weight is 309 g/mol. The maximum Gasteiger partial charge on any atom is 0.387 e. The molecule has 1 aromatic rings. The van der Waals surface area contributed by atoms with Crippen molar-refractivity contribution in [1.29, 1.82) is 0 Å². The van der Waals surface area contributed by atoms with Gasteiger partial charge in [-0.3, -0.25) is 0 Å². The molecule has 1 N–H and O–H groups in total. The number of benzene rings is 1. The Morgan fingerprint density at radius 2 is 1.90 bits per heavy atom. The van der Waals surface area contributed by atoms with Crippen LogP contribution in [0.4, 0.5) is 13.2 Å². The molecule has 0 spiro atoms. The lowest BCUT2D eigenvalue weighted by molar-refractivity contribution is -0.0523. The maximum absolute atomic E-state index is 14.0. The molecule has 0 fully saturated rings. The van der Waals surface area contributed by atoms with E-state index in [1.165, 1.54) is 12.1 Å². The number of hydrogen-bond acceptors (Lipinski definition) is 3. The van der Waals surface area contributed by atoms with Gasteiger partial charge in [0.25, 0.3) is 0 Å². The van der Waals surface area contributed by atoms with Gasteiger partial charge in [0.05, 0.1) is 6.04 Å². The van der Waals surface area contributed by atoms with Gasteiger partial charge in [-0.25, -0.2) is 4.39 Å². The minimum Gasteiger partial charge on any atom is -0.598 e. The third-order valence-corrected chi connectivity index (χ3v) is 4.20. The first-order valence-corrected chi connectivity index (χ1v) is 7.19. The smallest absolute Gasteiger partial charge is 0.387 e. The zero-order chi connectivity index (χ0) is 15.5. The topological polar surface area (TPSA) is 44.3 Å². The summed E-state index contributed by atoms with van der Waals surface area (Å²) in [5, 5.41) is 0. The fourth-order valence-corrected chi connectivity index (χ4v) is 2.25. The minimum atomic E-state index is -3.09. The van der Waals surface area contributed by atoms with Crippen molar-refractivity contribution in [1.82, 2.24) is 4.72 Å². The molecular formula is C13H18F3NO2S. The molecule has 2 atom stereocenters. The molecule has 1 rings (SSSR count). The van der Waals surface area contributed by atoms with Crippen LogP contribution in [0.3, 0.4) is 0 Å². The van der Waals surface area contributed by atoms with Crippen molar-refractivity contribution in [2.75, 3.05) is 0 Å². The first kappa shape index (κ1) is 17.1. The van der Waals surface area contributed by atoms with Crippen molar-refractivity contribution in [3.8, 4) is 5.75 Å². The van der Waals surface area contributed by atoms with E-state index in [-0.39, 0.29) is 5.56 Å². The summed E-state index contributed by atoms with van der Waals surface area (Å²) in [7, 11) is 0. The van der Waals surface area contributed by atoms with Gasteiger partial charge in [-0.2, -0.15) is 8.78 Å². The number of alkyl halides is 2. The standard InChI is InChI=1S/C13H18F3NO2S/c1-8(17-20(18)13(2,3)4)9-6-5-7-10(11(9)14)19-12(15)16/h5-8,12,17H,1-4H3. The molecule has 7 heteroatoms. The second kappa shape index (κ2) is 6.69. The number of rotatable bonds is 5. The zero-order valence-corrected chi connectivity index (χ0v) is 12.6. The Kier molecular flexibility index (Phi) is 5.73. The SMILES string of the molecule is CC(N[S+]([O-])C(C)(C)C)c1cccc(OC(F)F)c1F. The molecule has 0 aliphatic carbocycles. The summed E-state index contributed by atoms with van der Waals surface area (Å²) in [6, 6.07) is 3.37. The predicted molar refractivity (Wildman–Crippen MR) is 72.5 cm³/mol. The molecular weight excluding hydrogens is 291 g/mol. The molecule has 0 aliphatic heterocycles. The molecule has 0 saturated carbocycles. The molecule has 2 unspecified atom stereocenters. The zero-order valence-electron chi connectivity index (χ0n) is 11.7. The first-order valence-electron chi connectivity index (χ1n) is 6.04. The molecule has 0 heterocycles. The van der Waals surface area contributed by atoms with E-state index >= 15 is 0 Å². The predicted octanol–water partition coefficient (Wildman–Crippen LogP) is 3.54. The minimum absolute atomic E-state index is 0.126. The van der Waals surface area contributed by atoms with Crippen LogP contribution >= 0.6 is 0 Å². The molecule has 1 aromatic carbocycles. The van der Waals surface area contributed by atoms with Gasteiger partial charge in [-0.05, 0) is 33.8 Å². The van der Waals surface area contributed by atoms with Gasteiger partial charge in [0.2, 0.25) is 0 Å². The van der Waals surface area contributed by atoms with Crippen LogP contribution in [0.15, 0.2) is 18.2 Å². The Labute approximate surface area is 119 Å². The lowest BCUT2D eigenvalue weighted by atomic mass is 10.1. The van der Waals surface area contributed by atoms with Crippen molar-refractivity contribution in [2.24, 2.45) is 0 Å². The fraction of sp³-hybridized carbons (Fsp3) is 0.538. The lowest BCUT2D eigenvalue weighted by Crippen LogP contribution is -2.40. The van der Waals surface area contributed by atoms with E-state index in [0.717, 1.165) is 6.07 Å². The van der Waals surface area contributed by atoms with Crippen molar-refractivity contribution in [3.63, 3.8) is 0 Å². The van der Waals surface area contributed by atoms with Gasteiger partial charge in [0, 0.05) is 16.9 Å². The van der Waals surface area contributed by atoms with Crippen LogP contribution in [0.5, 0.6) is 5.75 Å². The Balaban J connectivity index is 2.91. The molecule has 0 aliphatic rings. The van der Waals surface area contributed by atoms with Crippen LogP contribution < -0.4 is 9.46 Å². The van der Waals surface area contributed by atoms with Gasteiger partial charge in [-0.15, -0.1) is 4.72 Å². The quantitative estimate of drug-likeness (QED) is 0.846. The van der Waals surface area contributed by atoms with Gasteiger partial charge in [-0.1, -0.05) is 12.1 Å². The molecule has 0 radical (unpaired) electrons. The second-order valence-electron chi connectivity index (χ2n) is 5.26. The Hall–Kier alpha value is -0.920. The first-order chi connectivity index (χ1) is 9.12. The van der Waals surface area contributed by atoms with Crippen LogP contribution in [0.2, 0.25) is 0 Å². The number of halogens is 3. The van der Waals surface area contributed by atoms with Gasteiger partial charge in [0.1, 0.15) is 4.75 Å². The third-order valence-electron chi connectivity index (χ3n) is 2.52. The summed E-state index contributed by atoms with van der Waals surface area (Å²) in [5.41, 5.74) is 0.126. The van der Waals surface area contributed by atoms with Crippen LogP contribution in [-0.2, 0) is 11.4 Å². The van der Waals surface area contributed by atoms with E-state index in [2.05, 4.69) is 9.46 Å². The number of hydrogen-bond donors (Lipinski definition) is 1. The van der Waals surface area contributed by atoms with E-state index < -0.39 is 40.3 Å². The lowest BCUT2D eigenvalue weighted by Gasteiger charge is -2.26. The van der Waals surface area contributed by atoms with Crippen molar-refractivity contribution >= 4 is 11.4 Å². The van der Waals surface area contributed by atoms with Gasteiger partial charge < -0.3 is 9.29 Å². The van der Waals surface area contributed by atoms with Gasteiger partial charge in [0.15, 0.2) is 11.6 Å². The summed E-state index contributed by atoms with van der Waals surface area (Å²) in [6.07, 6.45) is 0. The van der Waals surface area contributed by atoms with E-state index in [1.807, 2.05) is 0 Å². The average Bonchev–Trinajstić information content (AvgIpc) is 2.29. The molecule has 0 bridgehead atoms. The molecule has 20 heavy (non-hydrogen) atoms. The summed E-state index contributed by atoms with van der Waals surface area (Å²) >= 11 is -1.40. The maximum atomic E-state index is 14.0. The molecule has 114 valence electrons. The summed E-state index contributed by atoms with van der Waals surface area (Å²) in [5.74, 6) is -1.40. The Morgan fingerprint density at radius 1 is 1.30 bits per heavy atom. The highest BCUT2D eigenvalue weighted by atomic mass is 32.2. The van der Waals surface area contributed by atoms with E-state index in [0.29, 0.717) is 0 Å². The van der Waals surface area contributed by atoms with Crippen LogP contribution in [0.25, 0.3) is 0 Å². The highest BCUT2D eigenvalue weighted by Gasteiger charge is 2.29. The molecule has 0 aromatic heterocycles. The van der Waals surface area contributed by atoms with Crippen LogP contribution in [-0.4, -0.2) is 15.9 Å². The Morgan fingerprint density at radius 3 is 2.40 bits per heavy atom. The van der Waals surface area contributed by atoms with Crippen LogP contribution in [0.1, 0.15) is 39.3 Å². The summed E-state index contributed by atoms with van der Waals surface area (Å²) < 4.78 is 56.6. The second-order valence-corrected chi connectivity index (χ2v) is 7.26. The monoisotopic (exact) mass is 309 g/mol. The van der Waals surface area contributed by atoms with Crippen molar-refractivity contribution in [2.45, 2.75) is 45.1 Å². The van der Waals surface area contributed by atoms with Crippen molar-refractivity contribution in [3.05, 3.63) is 29.6 Å². The Bertz CT molecular complexity index is 452. The number of nitrogens with one attached hydrogen (secondary N) is 1. The number of ether oxygens (including phenoxy) is 1. The van der Waals surface area contributed by atoms with E-state index in [4.69, 9.17) is 0 Å². The highest BCUT2D eigenvalue weighted by Crippen LogP contribution is 2.27. The molecule has 0 saturated heterocycles. The highest BCUT2D eigenvalue weighted by molar-refractivity contribution is 7.90. The van der Waals surface area contributed by atoms with Crippen LogP contribution in [0, 0.1) is 5.82 Å². The summed E-state index contributed by atoms with van der Waals surface area (Å²) in [4.78, 5) is 0. The van der Waals surface area contributed by atoms with Gasteiger partial charge >= 0.3 is 6.61 Å². The third kappa shape index (κ3) is 4.57. The van der Waals surface area contributed by atoms with E-state index in [1.54, 1.807) is 27.7 Å². The fourth-order valence-electron chi connectivity index (χ4n) is 1.45. The summed E-state index contributed by atoms with van der Waals surface area (Å²) in [6.45, 7) is 3.83. The normalized spacial score (nSPS) is 15.2. The van der Waals surface area contributed by atoms with Crippen molar-refractivity contribution < 1.29 is 22.5 Å². The van der Waals surface area contributed by atoms with E-state index in [9.17, 15) is 17.7 Å². The largest absolute Gasteiger partial charge is 0.598 e. The molecule has 3 nitrogen and oxygen atoms in total. The molecule has 0 amide bonds.